The van der Waals surface area contributed by atoms with Crippen molar-refractivity contribution in [3.63, 3.8) is 0 Å². The molecule has 7 heteroatoms. The van der Waals surface area contributed by atoms with Gasteiger partial charge in [0.25, 0.3) is 11.8 Å². The molecular formula is C21H25FN2O3S. The number of halogens is 1. The summed E-state index contributed by atoms with van der Waals surface area (Å²) in [6.45, 7) is 6.50. The first-order valence-corrected chi connectivity index (χ1v) is 10.2. The van der Waals surface area contributed by atoms with Gasteiger partial charge in [-0.3, -0.25) is 9.59 Å². The van der Waals surface area contributed by atoms with E-state index >= 15 is 0 Å². The lowest BCUT2D eigenvalue weighted by Crippen LogP contribution is -2.42. The first-order valence-electron chi connectivity index (χ1n) is 9.43. The van der Waals surface area contributed by atoms with Gasteiger partial charge in [0.05, 0.1) is 11.0 Å². The Morgan fingerprint density at radius 2 is 2.04 bits per heavy atom. The summed E-state index contributed by atoms with van der Waals surface area (Å²) in [5.41, 5.74) is 0.0160. The monoisotopic (exact) mass is 404 g/mol. The fourth-order valence-electron chi connectivity index (χ4n) is 2.90. The van der Waals surface area contributed by atoms with Gasteiger partial charge in [-0.15, -0.1) is 11.3 Å². The lowest BCUT2D eigenvalue weighted by molar-refractivity contribution is 0.0909. The van der Waals surface area contributed by atoms with Crippen molar-refractivity contribution in [2.24, 2.45) is 0 Å². The first-order chi connectivity index (χ1) is 13.3. The normalized spacial score (nSPS) is 16.8. The summed E-state index contributed by atoms with van der Waals surface area (Å²) in [5, 5.41) is 5.55. The standard InChI is InChI=1S/C21H25FN2O3S/c1-4-21(2,3)24-19(25)13-10-14(22)12-15(11-13)23-20(26)18-8-7-17(28-18)16-6-5-9-27-16/h7-8,10-12,16H,4-6,9H2,1-3H3,(H,23,26)(H,24,25). The Balaban J connectivity index is 1.72. The SMILES string of the molecule is CCC(C)(C)NC(=O)c1cc(F)cc(NC(=O)c2ccc(C3CCCO3)s2)c1. The van der Waals surface area contributed by atoms with Crippen LogP contribution in [0.4, 0.5) is 10.1 Å². The van der Waals surface area contributed by atoms with Crippen molar-refractivity contribution in [3.8, 4) is 0 Å². The van der Waals surface area contributed by atoms with Crippen molar-refractivity contribution in [1.82, 2.24) is 5.32 Å². The lowest BCUT2D eigenvalue weighted by atomic mass is 10.0. The second kappa shape index (κ2) is 8.41. The molecule has 150 valence electrons. The van der Waals surface area contributed by atoms with Gasteiger partial charge in [-0.2, -0.15) is 0 Å². The van der Waals surface area contributed by atoms with Crippen LogP contribution < -0.4 is 10.6 Å². The Bertz CT molecular complexity index is 872. The van der Waals surface area contributed by atoms with E-state index in [1.165, 1.54) is 23.5 Å². The highest BCUT2D eigenvalue weighted by molar-refractivity contribution is 7.14. The molecule has 0 aliphatic carbocycles. The Kier molecular flexibility index (Phi) is 6.15. The van der Waals surface area contributed by atoms with Crippen molar-refractivity contribution in [2.45, 2.75) is 51.7 Å². The van der Waals surface area contributed by atoms with Crippen LogP contribution in [0.5, 0.6) is 0 Å². The van der Waals surface area contributed by atoms with Gasteiger partial charge in [0.2, 0.25) is 0 Å². The van der Waals surface area contributed by atoms with Crippen LogP contribution in [0.25, 0.3) is 0 Å². The van der Waals surface area contributed by atoms with Crippen molar-refractivity contribution in [3.05, 3.63) is 51.5 Å². The maximum absolute atomic E-state index is 14.0. The number of hydrogen-bond acceptors (Lipinski definition) is 4. The number of thiophene rings is 1. The van der Waals surface area contributed by atoms with Gasteiger partial charge in [0.1, 0.15) is 5.82 Å². The molecule has 1 aromatic carbocycles. The Morgan fingerprint density at radius 3 is 2.71 bits per heavy atom. The average molecular weight is 405 g/mol. The Morgan fingerprint density at radius 1 is 1.25 bits per heavy atom. The topological polar surface area (TPSA) is 67.4 Å². The smallest absolute Gasteiger partial charge is 0.265 e. The van der Waals surface area contributed by atoms with Crippen LogP contribution in [-0.4, -0.2) is 24.0 Å². The molecule has 2 heterocycles. The molecule has 0 bridgehead atoms. The molecule has 1 fully saturated rings. The zero-order valence-corrected chi connectivity index (χ0v) is 17.1. The number of benzene rings is 1. The van der Waals surface area contributed by atoms with Crippen molar-refractivity contribution in [2.75, 3.05) is 11.9 Å². The molecular weight excluding hydrogens is 379 g/mol. The quantitative estimate of drug-likeness (QED) is 0.719. The molecule has 2 aromatic rings. The molecule has 1 aliphatic rings. The van der Waals surface area contributed by atoms with Crippen LogP contribution in [0.2, 0.25) is 0 Å². The third-order valence-corrected chi connectivity index (χ3v) is 6.03. The molecule has 0 saturated carbocycles. The van der Waals surface area contributed by atoms with Gasteiger partial charge in [-0.25, -0.2) is 4.39 Å². The number of rotatable bonds is 6. The van der Waals surface area contributed by atoms with Crippen LogP contribution in [-0.2, 0) is 4.74 Å². The zero-order valence-electron chi connectivity index (χ0n) is 16.3. The molecule has 1 aromatic heterocycles. The van der Waals surface area contributed by atoms with E-state index in [1.807, 2.05) is 26.8 Å². The number of carbonyl (C=O) groups excluding carboxylic acids is 2. The summed E-state index contributed by atoms with van der Waals surface area (Å²) in [6.07, 6.45) is 2.77. The van der Waals surface area contributed by atoms with Gasteiger partial charge in [0, 0.05) is 28.3 Å². The third kappa shape index (κ3) is 4.97. The van der Waals surface area contributed by atoms with Gasteiger partial charge >= 0.3 is 0 Å². The Labute approximate surface area is 168 Å². The summed E-state index contributed by atoms with van der Waals surface area (Å²) < 4.78 is 19.7. The molecule has 5 nitrogen and oxygen atoms in total. The third-order valence-electron chi connectivity index (χ3n) is 4.85. The lowest BCUT2D eigenvalue weighted by Gasteiger charge is -2.24. The van der Waals surface area contributed by atoms with Crippen LogP contribution in [0.1, 0.15) is 71.0 Å². The fourth-order valence-corrected chi connectivity index (χ4v) is 3.89. The highest BCUT2D eigenvalue weighted by Crippen LogP contribution is 2.33. The van der Waals surface area contributed by atoms with E-state index in [1.54, 1.807) is 6.07 Å². The molecule has 1 atom stereocenters. The molecule has 1 saturated heterocycles. The van der Waals surface area contributed by atoms with Crippen molar-refractivity contribution >= 4 is 28.8 Å². The number of nitrogens with one attached hydrogen (secondary N) is 2. The molecule has 0 radical (unpaired) electrons. The molecule has 1 unspecified atom stereocenters. The zero-order chi connectivity index (χ0) is 20.3. The van der Waals surface area contributed by atoms with E-state index in [4.69, 9.17) is 4.74 Å². The molecule has 2 amide bonds. The second-order valence-electron chi connectivity index (χ2n) is 7.58. The minimum atomic E-state index is -0.580. The van der Waals surface area contributed by atoms with Crippen molar-refractivity contribution in [1.29, 1.82) is 0 Å². The second-order valence-corrected chi connectivity index (χ2v) is 8.69. The molecule has 0 spiro atoms. The minimum absolute atomic E-state index is 0.0536. The summed E-state index contributed by atoms with van der Waals surface area (Å²) in [5.74, 6) is -1.29. The van der Waals surface area contributed by atoms with Crippen molar-refractivity contribution < 1.29 is 18.7 Å². The van der Waals surface area contributed by atoms with E-state index in [9.17, 15) is 14.0 Å². The van der Waals surface area contributed by atoms with E-state index in [-0.39, 0.29) is 29.2 Å². The van der Waals surface area contributed by atoms with Gasteiger partial charge < -0.3 is 15.4 Å². The summed E-state index contributed by atoms with van der Waals surface area (Å²) >= 11 is 1.37. The van der Waals surface area contributed by atoms with Crippen LogP contribution in [0, 0.1) is 5.82 Å². The van der Waals surface area contributed by atoms with Gasteiger partial charge in [-0.1, -0.05) is 6.92 Å². The number of ether oxygens (including phenoxy) is 1. The fraction of sp³-hybridized carbons (Fsp3) is 0.429. The van der Waals surface area contributed by atoms with E-state index < -0.39 is 11.4 Å². The number of anilines is 1. The number of carbonyl (C=O) groups is 2. The van der Waals surface area contributed by atoms with Crippen LogP contribution in [0.15, 0.2) is 30.3 Å². The highest BCUT2D eigenvalue weighted by atomic mass is 32.1. The molecule has 1 aliphatic heterocycles. The molecule has 3 rings (SSSR count). The predicted octanol–water partition coefficient (Wildman–Crippen LogP) is 4.91. The predicted molar refractivity (Wildman–Crippen MR) is 108 cm³/mol. The highest BCUT2D eigenvalue weighted by Gasteiger charge is 2.22. The summed E-state index contributed by atoms with van der Waals surface area (Å²) in [7, 11) is 0. The van der Waals surface area contributed by atoms with Gasteiger partial charge in [0.15, 0.2) is 0 Å². The summed E-state index contributed by atoms with van der Waals surface area (Å²) in [4.78, 5) is 26.5. The average Bonchev–Trinajstić information content (AvgIpc) is 3.32. The van der Waals surface area contributed by atoms with Crippen LogP contribution >= 0.6 is 11.3 Å². The molecule has 2 N–H and O–H groups in total. The maximum Gasteiger partial charge on any atom is 0.265 e. The summed E-state index contributed by atoms with van der Waals surface area (Å²) in [6, 6.07) is 7.49. The minimum Gasteiger partial charge on any atom is -0.373 e. The van der Waals surface area contributed by atoms with E-state index in [0.717, 1.165) is 36.8 Å². The number of hydrogen-bond donors (Lipinski definition) is 2. The molecule has 28 heavy (non-hydrogen) atoms. The first kappa shape index (κ1) is 20.5. The van der Waals surface area contributed by atoms with Crippen LogP contribution in [0.3, 0.4) is 0 Å². The largest absolute Gasteiger partial charge is 0.373 e. The van der Waals surface area contributed by atoms with E-state index in [2.05, 4.69) is 10.6 Å². The van der Waals surface area contributed by atoms with E-state index in [0.29, 0.717) is 4.88 Å². The Hall–Kier alpha value is -2.25. The maximum atomic E-state index is 14.0. The van der Waals surface area contributed by atoms with Gasteiger partial charge in [-0.05, 0) is 63.4 Å². The number of amides is 2.